The molecule has 1 aromatic heterocycles. The average molecular weight is 333 g/mol. The fourth-order valence-corrected chi connectivity index (χ4v) is 4.42. The average Bonchev–Trinajstić information content (AvgIpc) is 3.26. The van der Waals surface area contributed by atoms with Crippen LogP contribution in [0.15, 0.2) is 23.0 Å². The lowest BCUT2D eigenvalue weighted by molar-refractivity contribution is -0.138. The number of hydrogen-bond donors (Lipinski definition) is 0. The van der Waals surface area contributed by atoms with E-state index in [2.05, 4.69) is 14.7 Å². The summed E-state index contributed by atoms with van der Waals surface area (Å²) in [5.41, 5.74) is 1.23. The molecule has 1 amide bonds. The molecule has 6 nitrogen and oxygen atoms in total. The van der Waals surface area contributed by atoms with Gasteiger partial charge in [0.2, 0.25) is 5.91 Å². The van der Waals surface area contributed by atoms with Crippen molar-refractivity contribution in [1.29, 1.82) is 0 Å². The van der Waals surface area contributed by atoms with Crippen LogP contribution in [0.4, 0.5) is 0 Å². The normalized spacial score (nSPS) is 29.2. The van der Waals surface area contributed by atoms with Gasteiger partial charge in [-0.1, -0.05) is 0 Å². The van der Waals surface area contributed by atoms with Crippen molar-refractivity contribution in [3.05, 3.63) is 24.2 Å². The van der Waals surface area contributed by atoms with E-state index in [1.807, 2.05) is 12.3 Å². The molecule has 0 radical (unpaired) electrons. The number of fused-ring (bicyclic) bond motifs is 1. The van der Waals surface area contributed by atoms with Gasteiger partial charge in [-0.25, -0.2) is 0 Å². The molecular weight excluding hydrogens is 306 g/mol. The number of carbonyl (C=O) groups excluding carboxylic acids is 1. The summed E-state index contributed by atoms with van der Waals surface area (Å²) in [6, 6.07) is 2.93. The van der Waals surface area contributed by atoms with Crippen LogP contribution in [0.25, 0.3) is 0 Å². The molecule has 3 fully saturated rings. The third-order valence-corrected chi connectivity index (χ3v) is 5.73. The van der Waals surface area contributed by atoms with Gasteiger partial charge in [-0.2, -0.15) is 0 Å². The number of rotatable bonds is 5. The summed E-state index contributed by atoms with van der Waals surface area (Å²) < 4.78 is 10.6. The zero-order chi connectivity index (χ0) is 16.4. The maximum absolute atomic E-state index is 12.5. The third-order valence-electron chi connectivity index (χ3n) is 5.73. The number of morpholine rings is 1. The van der Waals surface area contributed by atoms with E-state index < -0.39 is 0 Å². The highest BCUT2D eigenvalue weighted by Crippen LogP contribution is 2.32. The first-order valence-corrected chi connectivity index (χ1v) is 9.16. The van der Waals surface area contributed by atoms with Crippen LogP contribution >= 0.6 is 0 Å². The van der Waals surface area contributed by atoms with Gasteiger partial charge in [0.25, 0.3) is 0 Å². The Kier molecular flexibility index (Phi) is 4.87. The number of piperidine rings is 1. The predicted octanol–water partition coefficient (Wildman–Crippen LogP) is 1.18. The van der Waals surface area contributed by atoms with E-state index in [0.717, 1.165) is 65.3 Å². The summed E-state index contributed by atoms with van der Waals surface area (Å²) in [4.78, 5) is 19.6. The molecular formula is C18H27N3O3. The van der Waals surface area contributed by atoms with Crippen LogP contribution in [0.1, 0.15) is 24.8 Å². The molecule has 0 aromatic carbocycles. The minimum absolute atomic E-state index is 0.342. The first kappa shape index (κ1) is 16.1. The van der Waals surface area contributed by atoms with Gasteiger partial charge in [0, 0.05) is 63.3 Å². The van der Waals surface area contributed by atoms with Crippen molar-refractivity contribution in [2.24, 2.45) is 0 Å². The Balaban J connectivity index is 1.36. The lowest BCUT2D eigenvalue weighted by atomic mass is 9.96. The summed E-state index contributed by atoms with van der Waals surface area (Å²) in [5, 5.41) is 0. The first-order valence-electron chi connectivity index (χ1n) is 9.16. The van der Waals surface area contributed by atoms with E-state index in [4.69, 9.17) is 9.15 Å². The minimum atomic E-state index is 0.342. The molecule has 24 heavy (non-hydrogen) atoms. The van der Waals surface area contributed by atoms with Gasteiger partial charge >= 0.3 is 0 Å². The van der Waals surface area contributed by atoms with Crippen molar-refractivity contribution in [2.45, 2.75) is 37.9 Å². The first-order chi connectivity index (χ1) is 11.8. The SMILES string of the molecule is O=C1CC[C@H]2[C@H](CCN2Cc2ccoc2)N1CCN1CCOCC1. The minimum Gasteiger partial charge on any atom is -0.472 e. The van der Waals surface area contributed by atoms with Crippen LogP contribution in [-0.2, 0) is 16.1 Å². The van der Waals surface area contributed by atoms with Gasteiger partial charge in [-0.05, 0) is 18.9 Å². The molecule has 2 atom stereocenters. The molecule has 4 rings (SSSR count). The molecule has 0 saturated carbocycles. The second-order valence-electron chi connectivity index (χ2n) is 7.11. The maximum Gasteiger partial charge on any atom is 0.222 e. The highest BCUT2D eigenvalue weighted by atomic mass is 16.5. The number of carbonyl (C=O) groups is 1. The van der Waals surface area contributed by atoms with Crippen LogP contribution in [0.3, 0.4) is 0 Å². The Bertz CT molecular complexity index is 542. The Morgan fingerprint density at radius 3 is 2.75 bits per heavy atom. The number of nitrogens with zero attached hydrogens (tertiary/aromatic N) is 3. The summed E-state index contributed by atoms with van der Waals surface area (Å²) in [5.74, 6) is 0.342. The number of hydrogen-bond acceptors (Lipinski definition) is 5. The molecule has 3 saturated heterocycles. The molecule has 1 aromatic rings. The molecule has 3 aliphatic rings. The number of furan rings is 1. The largest absolute Gasteiger partial charge is 0.472 e. The molecule has 0 bridgehead atoms. The Labute approximate surface area is 143 Å². The predicted molar refractivity (Wildman–Crippen MR) is 89.5 cm³/mol. The van der Waals surface area contributed by atoms with Crippen molar-refractivity contribution in [3.63, 3.8) is 0 Å². The molecule has 3 aliphatic heterocycles. The topological polar surface area (TPSA) is 49.2 Å². The van der Waals surface area contributed by atoms with Gasteiger partial charge in [-0.15, -0.1) is 0 Å². The Hall–Kier alpha value is -1.37. The molecule has 132 valence electrons. The third kappa shape index (κ3) is 3.36. The maximum atomic E-state index is 12.5. The quantitative estimate of drug-likeness (QED) is 0.810. The van der Waals surface area contributed by atoms with Crippen molar-refractivity contribution in [3.8, 4) is 0 Å². The van der Waals surface area contributed by atoms with E-state index in [0.29, 0.717) is 24.4 Å². The highest BCUT2D eigenvalue weighted by molar-refractivity contribution is 5.77. The van der Waals surface area contributed by atoms with Gasteiger partial charge in [0.15, 0.2) is 0 Å². The smallest absolute Gasteiger partial charge is 0.222 e. The molecule has 0 unspecified atom stereocenters. The zero-order valence-electron chi connectivity index (χ0n) is 14.2. The van der Waals surface area contributed by atoms with E-state index in [-0.39, 0.29) is 0 Å². The standard InChI is InChI=1S/C18H27N3O3/c22-18-2-1-16-17(3-5-20(16)13-15-4-10-24-14-15)21(18)7-6-19-8-11-23-12-9-19/h4,10,14,16-17H,1-3,5-9,11-13H2/t16-,17-/m0/s1. The monoisotopic (exact) mass is 333 g/mol. The lowest BCUT2D eigenvalue weighted by Gasteiger charge is -2.41. The lowest BCUT2D eigenvalue weighted by Crippen LogP contribution is -2.54. The zero-order valence-corrected chi connectivity index (χ0v) is 14.2. The second-order valence-corrected chi connectivity index (χ2v) is 7.11. The number of ether oxygens (including phenoxy) is 1. The van der Waals surface area contributed by atoms with Crippen molar-refractivity contribution >= 4 is 5.91 Å². The van der Waals surface area contributed by atoms with Gasteiger partial charge in [0.05, 0.1) is 25.7 Å². The van der Waals surface area contributed by atoms with Gasteiger partial charge in [0.1, 0.15) is 0 Å². The van der Waals surface area contributed by atoms with Crippen LogP contribution in [0.2, 0.25) is 0 Å². The van der Waals surface area contributed by atoms with E-state index in [1.165, 1.54) is 5.56 Å². The summed E-state index contributed by atoms with van der Waals surface area (Å²) in [7, 11) is 0. The molecule has 4 heterocycles. The molecule has 0 N–H and O–H groups in total. The molecule has 0 aliphatic carbocycles. The van der Waals surface area contributed by atoms with Crippen LogP contribution < -0.4 is 0 Å². The van der Waals surface area contributed by atoms with Crippen LogP contribution in [0, 0.1) is 0 Å². The van der Waals surface area contributed by atoms with Crippen LogP contribution in [0.5, 0.6) is 0 Å². The van der Waals surface area contributed by atoms with Crippen molar-refractivity contribution < 1.29 is 13.9 Å². The second kappa shape index (κ2) is 7.25. The van der Waals surface area contributed by atoms with Crippen LogP contribution in [-0.4, -0.2) is 78.6 Å². The van der Waals surface area contributed by atoms with E-state index in [9.17, 15) is 4.79 Å². The molecule has 0 spiro atoms. The summed E-state index contributed by atoms with van der Waals surface area (Å²) in [6.07, 6.45) is 6.35. The number of likely N-dealkylation sites (tertiary alicyclic amines) is 2. The van der Waals surface area contributed by atoms with Gasteiger partial charge in [-0.3, -0.25) is 14.6 Å². The highest BCUT2D eigenvalue weighted by Gasteiger charge is 2.42. The van der Waals surface area contributed by atoms with Crippen molar-refractivity contribution in [1.82, 2.24) is 14.7 Å². The molecule has 6 heteroatoms. The van der Waals surface area contributed by atoms with E-state index in [1.54, 1.807) is 6.26 Å². The fourth-order valence-electron chi connectivity index (χ4n) is 4.42. The Morgan fingerprint density at radius 1 is 1.08 bits per heavy atom. The summed E-state index contributed by atoms with van der Waals surface area (Å²) >= 11 is 0. The van der Waals surface area contributed by atoms with Gasteiger partial charge < -0.3 is 14.1 Å². The Morgan fingerprint density at radius 2 is 1.96 bits per heavy atom. The van der Waals surface area contributed by atoms with Crippen molar-refractivity contribution in [2.75, 3.05) is 45.9 Å². The summed E-state index contributed by atoms with van der Waals surface area (Å²) in [6.45, 7) is 7.45. The van der Waals surface area contributed by atoms with E-state index >= 15 is 0 Å². The number of amides is 1. The fraction of sp³-hybridized carbons (Fsp3) is 0.722.